The largest absolute Gasteiger partial charge is 0.469 e. The molecule has 2 aliphatic heterocycles. The Kier molecular flexibility index (Phi) is 5.92. The number of ether oxygens (including phenoxy) is 2. The number of likely N-dealkylation sites (N-methyl/N-ethyl adjacent to an activating group) is 1. The molecule has 1 saturated heterocycles. The zero-order chi connectivity index (χ0) is 23.8. The van der Waals surface area contributed by atoms with Crippen LogP contribution >= 0.6 is 0 Å². The quantitative estimate of drug-likeness (QED) is 0.486. The number of ketones is 2. The summed E-state index contributed by atoms with van der Waals surface area (Å²) in [5, 5.41) is 13.7. The number of hydrogen-bond donors (Lipinski definition) is 2. The van der Waals surface area contributed by atoms with E-state index in [2.05, 4.69) is 5.32 Å². The Bertz CT molecular complexity index is 1120. The molecule has 0 radical (unpaired) electrons. The van der Waals surface area contributed by atoms with E-state index in [1.54, 1.807) is 25.1 Å². The molecule has 2 heterocycles. The Morgan fingerprint density at radius 1 is 1.09 bits per heavy atom. The molecule has 2 N–H and O–H groups in total. The van der Waals surface area contributed by atoms with Crippen molar-refractivity contribution in [2.75, 3.05) is 20.7 Å². The number of aliphatic hydroxyl groups is 1. The number of nitrogens with zero attached hydrogens (tertiary/aromatic N) is 1. The Morgan fingerprint density at radius 3 is 2.30 bits per heavy atom. The second-order valence-corrected chi connectivity index (χ2v) is 8.36. The fraction of sp³-hybridized carbons (Fsp3) is 0.320. The zero-order valence-electron chi connectivity index (χ0n) is 18.7. The van der Waals surface area contributed by atoms with Crippen molar-refractivity contribution in [1.29, 1.82) is 0 Å². The normalized spacial score (nSPS) is 26.8. The van der Waals surface area contributed by atoms with E-state index in [9.17, 15) is 19.5 Å². The van der Waals surface area contributed by atoms with Crippen molar-refractivity contribution in [1.82, 2.24) is 10.2 Å². The molecule has 0 aromatic heterocycles. The molecule has 8 nitrogen and oxygen atoms in total. The molecule has 3 atom stereocenters. The molecule has 33 heavy (non-hydrogen) atoms. The van der Waals surface area contributed by atoms with Crippen LogP contribution in [0.15, 0.2) is 72.0 Å². The summed E-state index contributed by atoms with van der Waals surface area (Å²) in [6, 6.07) is 17.9. The van der Waals surface area contributed by atoms with Crippen LogP contribution in [0, 0.1) is 0 Å². The number of benzene rings is 2. The van der Waals surface area contributed by atoms with Crippen LogP contribution in [0.2, 0.25) is 0 Å². The van der Waals surface area contributed by atoms with Gasteiger partial charge in [0.15, 0.2) is 6.10 Å². The molecule has 1 fully saturated rings. The average Bonchev–Trinajstić information content (AvgIpc) is 3.21. The number of hydrogen-bond acceptors (Lipinski definition) is 7. The van der Waals surface area contributed by atoms with E-state index in [1.165, 1.54) is 19.2 Å². The van der Waals surface area contributed by atoms with Crippen LogP contribution in [0.1, 0.15) is 22.8 Å². The summed E-state index contributed by atoms with van der Waals surface area (Å²) in [6.07, 6.45) is -1.89. The molecule has 8 heteroatoms. The molecule has 1 spiro atoms. The number of rotatable bonds is 7. The maximum Gasteiger partial charge on any atom is 0.278 e. The van der Waals surface area contributed by atoms with Gasteiger partial charge in [0.1, 0.15) is 5.76 Å². The van der Waals surface area contributed by atoms with Crippen LogP contribution in [0.25, 0.3) is 0 Å². The minimum Gasteiger partial charge on any atom is -0.469 e. The van der Waals surface area contributed by atoms with E-state index in [0.29, 0.717) is 6.54 Å². The third-order valence-corrected chi connectivity index (χ3v) is 6.19. The maximum atomic E-state index is 13.3. The number of carbonyl (C=O) groups excluding carboxylic acids is 3. The monoisotopic (exact) mass is 450 g/mol. The van der Waals surface area contributed by atoms with Crippen LogP contribution in [-0.2, 0) is 25.6 Å². The number of amides is 1. The van der Waals surface area contributed by atoms with Gasteiger partial charge in [-0.3, -0.25) is 19.3 Å². The Balaban J connectivity index is 1.60. The van der Waals surface area contributed by atoms with Crippen molar-refractivity contribution >= 4 is 17.5 Å². The second kappa shape index (κ2) is 8.55. The predicted molar refractivity (Wildman–Crippen MR) is 119 cm³/mol. The predicted octanol–water partition coefficient (Wildman–Crippen LogP) is 1.45. The molecule has 2 aromatic carbocycles. The summed E-state index contributed by atoms with van der Waals surface area (Å²) < 4.78 is 11.3. The smallest absolute Gasteiger partial charge is 0.278 e. The van der Waals surface area contributed by atoms with E-state index in [0.717, 1.165) is 5.56 Å². The molecule has 2 aliphatic rings. The molecule has 0 bridgehead atoms. The number of aliphatic hydroxyl groups excluding tert-OH is 1. The second-order valence-electron chi connectivity index (χ2n) is 8.36. The molecular formula is C25H26N2O6. The van der Waals surface area contributed by atoms with Crippen LogP contribution < -0.4 is 5.32 Å². The lowest BCUT2D eigenvalue weighted by atomic mass is 9.85. The summed E-state index contributed by atoms with van der Waals surface area (Å²) >= 11 is 0. The van der Waals surface area contributed by atoms with Gasteiger partial charge in [-0.05, 0) is 19.5 Å². The first-order valence-corrected chi connectivity index (χ1v) is 10.6. The van der Waals surface area contributed by atoms with Crippen molar-refractivity contribution in [3.8, 4) is 0 Å². The van der Waals surface area contributed by atoms with E-state index in [-0.39, 0.29) is 23.4 Å². The van der Waals surface area contributed by atoms with Crippen molar-refractivity contribution < 1.29 is 29.0 Å². The lowest BCUT2D eigenvalue weighted by molar-refractivity contribution is -0.160. The van der Waals surface area contributed by atoms with Crippen molar-refractivity contribution in [3.05, 3.63) is 83.1 Å². The van der Waals surface area contributed by atoms with Gasteiger partial charge in [0.05, 0.1) is 6.54 Å². The number of methoxy groups -OCH3 is 1. The highest BCUT2D eigenvalue weighted by Crippen LogP contribution is 2.43. The molecule has 1 amide bonds. The van der Waals surface area contributed by atoms with Crippen molar-refractivity contribution in [3.63, 3.8) is 0 Å². The summed E-state index contributed by atoms with van der Waals surface area (Å²) in [7, 11) is 3.05. The standard InChI is InChI=1S/C25H26N2O6/c1-16-19(15-27(2)14-17-10-6-4-7-11-17)33-24(20(16)28)22(30)25(32-3,26-23(24)31)21(29)18-12-8-5-9-13-18/h4-13,22,30H,14-15H2,1-3H3,(H,26,31)/t22-,24-,25-/m1/s1. The molecule has 4 rings (SSSR count). The van der Waals surface area contributed by atoms with Crippen LogP contribution in [0.4, 0.5) is 0 Å². The lowest BCUT2D eigenvalue weighted by Gasteiger charge is -2.32. The van der Waals surface area contributed by atoms with E-state index < -0.39 is 34.9 Å². The SMILES string of the molecule is CO[C@@]1(C(=O)c2ccccc2)NC(=O)[C@]2(OC(CN(C)Cc3ccccc3)=C(C)C2=O)[C@H]1O. The van der Waals surface area contributed by atoms with E-state index >= 15 is 0 Å². The topological polar surface area (TPSA) is 105 Å². The van der Waals surface area contributed by atoms with Gasteiger partial charge in [0.25, 0.3) is 11.5 Å². The minimum atomic E-state index is -2.28. The molecule has 0 unspecified atom stereocenters. The van der Waals surface area contributed by atoms with Gasteiger partial charge >= 0.3 is 0 Å². The van der Waals surface area contributed by atoms with Crippen LogP contribution in [0.5, 0.6) is 0 Å². The minimum absolute atomic E-state index is 0.216. The van der Waals surface area contributed by atoms with Crippen molar-refractivity contribution in [2.24, 2.45) is 0 Å². The summed E-state index contributed by atoms with van der Waals surface area (Å²) in [6.45, 7) is 2.38. The third kappa shape index (κ3) is 3.56. The van der Waals surface area contributed by atoms with Gasteiger partial charge in [0, 0.05) is 24.8 Å². The van der Waals surface area contributed by atoms with Gasteiger partial charge in [0.2, 0.25) is 17.3 Å². The van der Waals surface area contributed by atoms with Gasteiger partial charge < -0.3 is 19.9 Å². The highest BCUT2D eigenvalue weighted by Gasteiger charge is 2.73. The summed E-state index contributed by atoms with van der Waals surface area (Å²) in [4.78, 5) is 41.6. The maximum absolute atomic E-state index is 13.3. The van der Waals surface area contributed by atoms with Gasteiger partial charge in [-0.2, -0.15) is 0 Å². The Morgan fingerprint density at radius 2 is 1.70 bits per heavy atom. The molecule has 2 aromatic rings. The first-order chi connectivity index (χ1) is 15.8. The average molecular weight is 450 g/mol. The Hall–Kier alpha value is -3.33. The number of nitrogens with one attached hydrogen (secondary N) is 1. The van der Waals surface area contributed by atoms with Crippen LogP contribution in [0.3, 0.4) is 0 Å². The number of Topliss-reactive ketones (excluding diaryl/α,β-unsaturated/α-hetero) is 2. The zero-order valence-corrected chi connectivity index (χ0v) is 18.7. The highest BCUT2D eigenvalue weighted by molar-refractivity contribution is 6.23. The third-order valence-electron chi connectivity index (χ3n) is 6.19. The first kappa shape index (κ1) is 22.8. The van der Waals surface area contributed by atoms with E-state index in [4.69, 9.17) is 9.47 Å². The van der Waals surface area contributed by atoms with E-state index in [1.807, 2.05) is 42.3 Å². The van der Waals surface area contributed by atoms with Gasteiger partial charge in [-0.15, -0.1) is 0 Å². The first-order valence-electron chi connectivity index (χ1n) is 10.6. The summed E-state index contributed by atoms with van der Waals surface area (Å²) in [5.41, 5.74) is -2.92. The fourth-order valence-electron chi connectivity index (χ4n) is 4.38. The van der Waals surface area contributed by atoms with Gasteiger partial charge in [-0.25, -0.2) is 0 Å². The van der Waals surface area contributed by atoms with Crippen molar-refractivity contribution in [2.45, 2.75) is 30.9 Å². The van der Waals surface area contributed by atoms with Gasteiger partial charge in [-0.1, -0.05) is 60.7 Å². The summed E-state index contributed by atoms with van der Waals surface area (Å²) in [5.74, 6) is -2.00. The van der Waals surface area contributed by atoms with Crippen LogP contribution in [-0.4, -0.2) is 65.6 Å². The molecule has 0 aliphatic carbocycles. The Labute approximate surface area is 191 Å². The molecule has 0 saturated carbocycles. The molecule has 172 valence electrons. The lowest BCUT2D eigenvalue weighted by Crippen LogP contribution is -2.60. The highest BCUT2D eigenvalue weighted by atomic mass is 16.6. The number of carbonyl (C=O) groups is 3. The fourth-order valence-corrected chi connectivity index (χ4v) is 4.38. The molecular weight excluding hydrogens is 424 g/mol.